The Morgan fingerprint density at radius 3 is 1.24 bits per heavy atom. The molecule has 0 heterocycles. The van der Waals surface area contributed by atoms with Crippen molar-refractivity contribution in [1.82, 2.24) is 0 Å². The summed E-state index contributed by atoms with van der Waals surface area (Å²) in [6.45, 7) is 2.93. The SMILES string of the molecule is CCCCCCCCCCCCCCCCCCCCCCOc1ccc(S(=O)(=O)O)cc1. The van der Waals surface area contributed by atoms with Crippen molar-refractivity contribution in [3.8, 4) is 5.75 Å². The van der Waals surface area contributed by atoms with E-state index in [1.54, 1.807) is 12.1 Å². The highest BCUT2D eigenvalue weighted by Gasteiger charge is 2.08. The van der Waals surface area contributed by atoms with E-state index in [0.717, 1.165) is 6.42 Å². The average Bonchev–Trinajstić information content (AvgIpc) is 2.80. The Bertz CT molecular complexity index is 655. The van der Waals surface area contributed by atoms with Crippen molar-refractivity contribution in [1.29, 1.82) is 0 Å². The van der Waals surface area contributed by atoms with Crippen molar-refractivity contribution in [2.45, 2.75) is 140 Å². The van der Waals surface area contributed by atoms with Gasteiger partial charge in [0.15, 0.2) is 0 Å². The molecular weight excluding hydrogens is 432 g/mol. The van der Waals surface area contributed by atoms with Gasteiger partial charge in [-0.05, 0) is 30.7 Å². The molecule has 0 saturated carbocycles. The normalized spacial score (nSPS) is 11.7. The maximum Gasteiger partial charge on any atom is 0.294 e. The summed E-state index contributed by atoms with van der Waals surface area (Å²) in [5.41, 5.74) is 0. The van der Waals surface area contributed by atoms with Gasteiger partial charge in [0.25, 0.3) is 10.1 Å². The van der Waals surface area contributed by atoms with E-state index in [1.807, 2.05) is 0 Å². The van der Waals surface area contributed by atoms with Gasteiger partial charge in [-0.25, -0.2) is 0 Å². The number of ether oxygens (including phenoxy) is 1. The van der Waals surface area contributed by atoms with Crippen LogP contribution in [0.25, 0.3) is 0 Å². The molecular formula is C28H50O4S. The van der Waals surface area contributed by atoms with Crippen LogP contribution in [0.1, 0.15) is 135 Å². The van der Waals surface area contributed by atoms with Crippen molar-refractivity contribution in [3.63, 3.8) is 0 Å². The minimum absolute atomic E-state index is 0.103. The van der Waals surface area contributed by atoms with Gasteiger partial charge in [-0.3, -0.25) is 4.55 Å². The van der Waals surface area contributed by atoms with Gasteiger partial charge in [0.1, 0.15) is 5.75 Å². The maximum absolute atomic E-state index is 11.0. The minimum atomic E-state index is -4.13. The third-order valence-corrected chi connectivity index (χ3v) is 7.26. The molecule has 0 saturated heterocycles. The largest absolute Gasteiger partial charge is 0.494 e. The van der Waals surface area contributed by atoms with Gasteiger partial charge in [-0.15, -0.1) is 0 Å². The summed E-state index contributed by atoms with van der Waals surface area (Å²) < 4.78 is 36.6. The Balaban J connectivity index is 1.77. The van der Waals surface area contributed by atoms with Gasteiger partial charge in [0, 0.05) is 0 Å². The van der Waals surface area contributed by atoms with Gasteiger partial charge >= 0.3 is 0 Å². The zero-order chi connectivity index (χ0) is 24.0. The lowest BCUT2D eigenvalue weighted by atomic mass is 10.0. The molecule has 0 aliphatic carbocycles. The Morgan fingerprint density at radius 2 is 0.909 bits per heavy atom. The Kier molecular flexibility index (Phi) is 18.4. The van der Waals surface area contributed by atoms with Gasteiger partial charge in [0.05, 0.1) is 11.5 Å². The number of hydrogen-bond donors (Lipinski definition) is 1. The van der Waals surface area contributed by atoms with Gasteiger partial charge in [0.2, 0.25) is 0 Å². The number of unbranched alkanes of at least 4 members (excludes halogenated alkanes) is 19. The van der Waals surface area contributed by atoms with Gasteiger partial charge in [-0.2, -0.15) is 8.42 Å². The first-order valence-corrected chi connectivity index (χ1v) is 15.2. The summed E-state index contributed by atoms with van der Waals surface area (Å²) in [4.78, 5) is -0.103. The highest BCUT2D eigenvalue weighted by molar-refractivity contribution is 7.85. The van der Waals surface area contributed by atoms with E-state index in [2.05, 4.69) is 6.92 Å². The standard InChI is InChI=1S/C28H50O4S/c1-2-3-4-5-6-7-8-9-10-11-12-13-14-15-16-17-18-19-20-21-26-32-27-22-24-28(25-23-27)33(29,30)31/h22-25H,2-21,26H2,1H3,(H,29,30,31). The molecule has 5 heteroatoms. The Labute approximate surface area is 204 Å². The second kappa shape index (κ2) is 20.3. The molecule has 33 heavy (non-hydrogen) atoms. The molecule has 192 valence electrons. The van der Waals surface area contributed by atoms with Gasteiger partial charge in [-0.1, -0.05) is 129 Å². The van der Waals surface area contributed by atoms with Crippen molar-refractivity contribution in [2.24, 2.45) is 0 Å². The molecule has 4 nitrogen and oxygen atoms in total. The molecule has 1 N–H and O–H groups in total. The summed E-state index contributed by atoms with van der Waals surface area (Å²) in [6.07, 6.45) is 27.4. The molecule has 0 amide bonds. The van der Waals surface area contributed by atoms with Crippen molar-refractivity contribution >= 4 is 10.1 Å². The minimum Gasteiger partial charge on any atom is -0.494 e. The molecule has 0 aromatic heterocycles. The van der Waals surface area contributed by atoms with Crippen LogP contribution >= 0.6 is 0 Å². The number of rotatable bonds is 23. The van der Waals surface area contributed by atoms with E-state index in [-0.39, 0.29) is 4.90 Å². The van der Waals surface area contributed by atoms with Gasteiger partial charge < -0.3 is 4.74 Å². The van der Waals surface area contributed by atoms with E-state index in [4.69, 9.17) is 9.29 Å². The first-order chi connectivity index (χ1) is 16.0. The van der Waals surface area contributed by atoms with E-state index in [1.165, 1.54) is 134 Å². The quantitative estimate of drug-likeness (QED) is 0.125. The van der Waals surface area contributed by atoms with Crippen LogP contribution in [0.5, 0.6) is 5.75 Å². The highest BCUT2D eigenvalue weighted by Crippen LogP contribution is 2.17. The molecule has 0 aliphatic heterocycles. The molecule has 0 bridgehead atoms. The number of benzene rings is 1. The Hall–Kier alpha value is -1.07. The molecule has 0 aliphatic rings. The fourth-order valence-electron chi connectivity index (χ4n) is 4.26. The zero-order valence-electron chi connectivity index (χ0n) is 21.2. The molecule has 0 radical (unpaired) electrons. The first-order valence-electron chi connectivity index (χ1n) is 13.7. The van der Waals surface area contributed by atoms with Crippen LogP contribution in [-0.4, -0.2) is 19.6 Å². The highest BCUT2D eigenvalue weighted by atomic mass is 32.2. The lowest BCUT2D eigenvalue weighted by molar-refractivity contribution is 0.304. The van der Waals surface area contributed by atoms with E-state index >= 15 is 0 Å². The molecule has 0 unspecified atom stereocenters. The summed E-state index contributed by atoms with van der Waals surface area (Å²) in [5, 5.41) is 0. The third kappa shape index (κ3) is 18.0. The predicted octanol–water partition coefficient (Wildman–Crippen LogP) is 9.13. The van der Waals surface area contributed by atoms with Crippen molar-refractivity contribution < 1.29 is 17.7 Å². The monoisotopic (exact) mass is 482 g/mol. The molecule has 0 atom stereocenters. The average molecular weight is 483 g/mol. The van der Waals surface area contributed by atoms with Crippen LogP contribution in [0.15, 0.2) is 29.2 Å². The fraction of sp³-hybridized carbons (Fsp3) is 0.786. The summed E-state index contributed by atoms with van der Waals surface area (Å²) in [6, 6.07) is 5.89. The lowest BCUT2D eigenvalue weighted by Gasteiger charge is -2.07. The summed E-state index contributed by atoms with van der Waals surface area (Å²) >= 11 is 0. The van der Waals surface area contributed by atoms with Crippen LogP contribution in [0.2, 0.25) is 0 Å². The second-order valence-electron chi connectivity index (χ2n) is 9.51. The smallest absolute Gasteiger partial charge is 0.294 e. The maximum atomic E-state index is 11.0. The van der Waals surface area contributed by atoms with Crippen LogP contribution in [0, 0.1) is 0 Å². The topological polar surface area (TPSA) is 63.6 Å². The van der Waals surface area contributed by atoms with Crippen LogP contribution < -0.4 is 4.74 Å². The first kappa shape index (κ1) is 30.0. The molecule has 1 aromatic rings. The summed E-state index contributed by atoms with van der Waals surface area (Å²) in [7, 11) is -4.13. The van der Waals surface area contributed by atoms with E-state index in [0.29, 0.717) is 12.4 Å². The zero-order valence-corrected chi connectivity index (χ0v) is 22.1. The molecule has 0 spiro atoms. The predicted molar refractivity (Wildman–Crippen MR) is 140 cm³/mol. The lowest BCUT2D eigenvalue weighted by Crippen LogP contribution is -2.00. The third-order valence-electron chi connectivity index (χ3n) is 6.39. The van der Waals surface area contributed by atoms with Crippen LogP contribution in [0.4, 0.5) is 0 Å². The van der Waals surface area contributed by atoms with E-state index in [9.17, 15) is 8.42 Å². The van der Waals surface area contributed by atoms with Crippen LogP contribution in [0.3, 0.4) is 0 Å². The molecule has 1 aromatic carbocycles. The van der Waals surface area contributed by atoms with E-state index < -0.39 is 10.1 Å². The van der Waals surface area contributed by atoms with Crippen LogP contribution in [-0.2, 0) is 10.1 Å². The summed E-state index contributed by atoms with van der Waals surface area (Å²) in [5.74, 6) is 0.639. The number of hydrogen-bond acceptors (Lipinski definition) is 3. The molecule has 1 rings (SSSR count). The molecule has 0 fully saturated rings. The second-order valence-corrected chi connectivity index (χ2v) is 10.9. The fourth-order valence-corrected chi connectivity index (χ4v) is 4.74. The van der Waals surface area contributed by atoms with Crippen molar-refractivity contribution in [2.75, 3.05) is 6.61 Å². The Morgan fingerprint density at radius 1 is 0.576 bits per heavy atom. The van der Waals surface area contributed by atoms with Crippen molar-refractivity contribution in [3.05, 3.63) is 24.3 Å².